The van der Waals surface area contributed by atoms with Gasteiger partial charge in [-0.1, -0.05) is 11.6 Å². The van der Waals surface area contributed by atoms with E-state index in [9.17, 15) is 13.6 Å². The SMILES string of the molecule is O=C(c1ccc(Br)c(F)c1)c1ccc(Cl)cc1F. The number of carbonyl (C=O) groups is 1. The summed E-state index contributed by atoms with van der Waals surface area (Å²) in [6, 6.07) is 7.61. The lowest BCUT2D eigenvalue weighted by molar-refractivity contribution is 0.103. The Morgan fingerprint density at radius 3 is 2.39 bits per heavy atom. The van der Waals surface area contributed by atoms with Gasteiger partial charge in [-0.15, -0.1) is 0 Å². The molecule has 2 rings (SSSR count). The van der Waals surface area contributed by atoms with Crippen molar-refractivity contribution < 1.29 is 13.6 Å². The molecule has 0 saturated heterocycles. The highest BCUT2D eigenvalue weighted by atomic mass is 79.9. The van der Waals surface area contributed by atoms with Gasteiger partial charge in [-0.3, -0.25) is 4.79 Å². The molecule has 0 aliphatic heterocycles. The zero-order valence-corrected chi connectivity index (χ0v) is 11.2. The molecule has 0 heterocycles. The summed E-state index contributed by atoms with van der Waals surface area (Å²) in [4.78, 5) is 12.0. The molecule has 2 aromatic rings. The second-order valence-corrected chi connectivity index (χ2v) is 4.87. The van der Waals surface area contributed by atoms with Crippen LogP contribution in [-0.4, -0.2) is 5.78 Å². The summed E-state index contributed by atoms with van der Waals surface area (Å²) >= 11 is 8.58. The largest absolute Gasteiger partial charge is 0.288 e. The number of ketones is 1. The number of benzene rings is 2. The molecule has 0 aliphatic rings. The molecule has 0 aromatic heterocycles. The second-order valence-electron chi connectivity index (χ2n) is 3.58. The molecule has 5 heteroatoms. The Labute approximate surface area is 116 Å². The molecule has 0 radical (unpaired) electrons. The average Bonchev–Trinajstić information content (AvgIpc) is 2.32. The maximum absolute atomic E-state index is 13.6. The molecule has 2 aromatic carbocycles. The van der Waals surface area contributed by atoms with Crippen LogP contribution in [0.1, 0.15) is 15.9 Å². The fourth-order valence-electron chi connectivity index (χ4n) is 1.47. The van der Waals surface area contributed by atoms with Crippen molar-refractivity contribution in [1.29, 1.82) is 0 Å². The third-order valence-electron chi connectivity index (χ3n) is 2.36. The lowest BCUT2D eigenvalue weighted by atomic mass is 10.0. The van der Waals surface area contributed by atoms with Crippen molar-refractivity contribution in [3.8, 4) is 0 Å². The van der Waals surface area contributed by atoms with Crippen LogP contribution < -0.4 is 0 Å². The number of halogens is 4. The smallest absolute Gasteiger partial charge is 0.196 e. The van der Waals surface area contributed by atoms with E-state index in [0.717, 1.165) is 12.1 Å². The molecule has 0 amide bonds. The van der Waals surface area contributed by atoms with Crippen LogP contribution in [0.5, 0.6) is 0 Å². The third-order valence-corrected chi connectivity index (χ3v) is 3.24. The summed E-state index contributed by atoms with van der Waals surface area (Å²) in [7, 11) is 0. The molecule has 0 unspecified atom stereocenters. The lowest BCUT2D eigenvalue weighted by Crippen LogP contribution is -2.04. The van der Waals surface area contributed by atoms with Crippen LogP contribution in [0.3, 0.4) is 0 Å². The molecular weight excluding hydrogens is 325 g/mol. The van der Waals surface area contributed by atoms with E-state index in [1.54, 1.807) is 0 Å². The van der Waals surface area contributed by atoms with Crippen LogP contribution in [-0.2, 0) is 0 Å². The standard InChI is InChI=1S/C13H6BrClF2O/c14-10-4-1-7(5-12(10)17)13(18)9-3-2-8(15)6-11(9)16/h1-6H. The molecular formula is C13H6BrClF2O. The van der Waals surface area contributed by atoms with E-state index in [1.165, 1.54) is 24.3 Å². The van der Waals surface area contributed by atoms with Crippen LogP contribution in [0.15, 0.2) is 40.9 Å². The lowest BCUT2D eigenvalue weighted by Gasteiger charge is -2.04. The Hall–Kier alpha value is -1.26. The van der Waals surface area contributed by atoms with Crippen molar-refractivity contribution in [2.45, 2.75) is 0 Å². The van der Waals surface area contributed by atoms with Crippen LogP contribution in [0.4, 0.5) is 8.78 Å². The Morgan fingerprint density at radius 2 is 1.78 bits per heavy atom. The van der Waals surface area contributed by atoms with Gasteiger partial charge >= 0.3 is 0 Å². The number of rotatable bonds is 2. The van der Waals surface area contributed by atoms with Crippen molar-refractivity contribution in [3.05, 3.63) is 68.7 Å². The first-order chi connectivity index (χ1) is 8.49. The highest BCUT2D eigenvalue weighted by Crippen LogP contribution is 2.21. The molecule has 0 atom stereocenters. The van der Waals surface area contributed by atoms with Crippen molar-refractivity contribution in [2.24, 2.45) is 0 Å². The van der Waals surface area contributed by atoms with E-state index < -0.39 is 17.4 Å². The quantitative estimate of drug-likeness (QED) is 0.734. The molecule has 0 fully saturated rings. The Morgan fingerprint density at radius 1 is 1.06 bits per heavy atom. The first-order valence-corrected chi connectivity index (χ1v) is 6.11. The van der Waals surface area contributed by atoms with Crippen LogP contribution in [0, 0.1) is 11.6 Å². The maximum Gasteiger partial charge on any atom is 0.196 e. The number of hydrogen-bond acceptors (Lipinski definition) is 1. The normalized spacial score (nSPS) is 10.4. The van der Waals surface area contributed by atoms with Gasteiger partial charge in [0.1, 0.15) is 11.6 Å². The molecule has 0 spiro atoms. The van der Waals surface area contributed by atoms with Crippen molar-refractivity contribution in [1.82, 2.24) is 0 Å². The Balaban J connectivity index is 2.44. The number of hydrogen-bond donors (Lipinski definition) is 0. The first kappa shape index (κ1) is 13.2. The molecule has 1 nitrogen and oxygen atoms in total. The predicted molar refractivity (Wildman–Crippen MR) is 68.9 cm³/mol. The molecule has 0 aliphatic carbocycles. The van der Waals surface area contributed by atoms with Gasteiger partial charge in [0, 0.05) is 10.6 Å². The zero-order chi connectivity index (χ0) is 13.3. The Kier molecular flexibility index (Phi) is 3.78. The second kappa shape index (κ2) is 5.16. The van der Waals surface area contributed by atoms with Gasteiger partial charge in [0.2, 0.25) is 0 Å². The van der Waals surface area contributed by atoms with Gasteiger partial charge in [0.15, 0.2) is 5.78 Å². The predicted octanol–water partition coefficient (Wildman–Crippen LogP) is 4.61. The monoisotopic (exact) mass is 330 g/mol. The van der Waals surface area contributed by atoms with Gasteiger partial charge in [0.25, 0.3) is 0 Å². The van der Waals surface area contributed by atoms with Gasteiger partial charge in [0.05, 0.1) is 10.0 Å². The highest BCUT2D eigenvalue weighted by molar-refractivity contribution is 9.10. The maximum atomic E-state index is 13.6. The highest BCUT2D eigenvalue weighted by Gasteiger charge is 2.15. The summed E-state index contributed by atoms with van der Waals surface area (Å²) in [6.07, 6.45) is 0. The van der Waals surface area contributed by atoms with Crippen LogP contribution >= 0.6 is 27.5 Å². The minimum atomic E-state index is -0.726. The molecule has 18 heavy (non-hydrogen) atoms. The van der Waals surface area contributed by atoms with Crippen molar-refractivity contribution in [3.63, 3.8) is 0 Å². The van der Waals surface area contributed by atoms with Gasteiger partial charge in [-0.2, -0.15) is 0 Å². The summed E-state index contributed by atoms with van der Waals surface area (Å²) in [5.74, 6) is -1.89. The molecule has 0 N–H and O–H groups in total. The molecule has 0 bridgehead atoms. The average molecular weight is 332 g/mol. The van der Waals surface area contributed by atoms with Crippen LogP contribution in [0.2, 0.25) is 5.02 Å². The van der Waals surface area contributed by atoms with E-state index in [2.05, 4.69) is 15.9 Å². The fourth-order valence-corrected chi connectivity index (χ4v) is 1.87. The van der Waals surface area contributed by atoms with E-state index in [-0.39, 0.29) is 20.6 Å². The minimum absolute atomic E-state index is 0.0805. The van der Waals surface area contributed by atoms with Gasteiger partial charge < -0.3 is 0 Å². The zero-order valence-electron chi connectivity index (χ0n) is 8.88. The first-order valence-electron chi connectivity index (χ1n) is 4.94. The van der Waals surface area contributed by atoms with E-state index >= 15 is 0 Å². The fraction of sp³-hybridized carbons (Fsp3) is 0. The summed E-state index contributed by atoms with van der Waals surface area (Å²) in [6.45, 7) is 0. The third kappa shape index (κ3) is 2.60. The molecule has 92 valence electrons. The summed E-state index contributed by atoms with van der Waals surface area (Å²) < 4.78 is 27.1. The van der Waals surface area contributed by atoms with Crippen molar-refractivity contribution in [2.75, 3.05) is 0 Å². The topological polar surface area (TPSA) is 17.1 Å². The van der Waals surface area contributed by atoms with Crippen LogP contribution in [0.25, 0.3) is 0 Å². The van der Waals surface area contributed by atoms with Gasteiger partial charge in [-0.25, -0.2) is 8.78 Å². The minimum Gasteiger partial charge on any atom is -0.288 e. The summed E-state index contributed by atoms with van der Waals surface area (Å²) in [5, 5.41) is 0.200. The van der Waals surface area contributed by atoms with Gasteiger partial charge in [-0.05, 0) is 52.3 Å². The van der Waals surface area contributed by atoms with E-state index in [4.69, 9.17) is 11.6 Å². The van der Waals surface area contributed by atoms with E-state index in [0.29, 0.717) is 0 Å². The number of carbonyl (C=O) groups excluding carboxylic acids is 1. The Bertz CT molecular complexity index is 628. The summed E-state index contributed by atoms with van der Waals surface area (Å²) in [5.41, 5.74) is -0.0574. The van der Waals surface area contributed by atoms with Crippen molar-refractivity contribution >= 4 is 33.3 Å². The van der Waals surface area contributed by atoms with E-state index in [1.807, 2.05) is 0 Å². The molecule has 0 saturated carbocycles.